The van der Waals surface area contributed by atoms with Crippen LogP contribution in [0.3, 0.4) is 0 Å². The van der Waals surface area contributed by atoms with Gasteiger partial charge < -0.3 is 14.3 Å². The van der Waals surface area contributed by atoms with Crippen LogP contribution >= 0.6 is 11.8 Å². The fraction of sp³-hybridized carbons (Fsp3) is 0.125. The van der Waals surface area contributed by atoms with Gasteiger partial charge in [0.15, 0.2) is 0 Å². The summed E-state index contributed by atoms with van der Waals surface area (Å²) in [5.74, 6) is 0.665. The zero-order valence-corrected chi connectivity index (χ0v) is 17.5. The quantitative estimate of drug-likeness (QED) is 0.363. The summed E-state index contributed by atoms with van der Waals surface area (Å²) in [5.41, 5.74) is 3.15. The molecule has 2 heterocycles. The van der Waals surface area contributed by atoms with Gasteiger partial charge in [-0.2, -0.15) is 0 Å². The zero-order valence-electron chi connectivity index (χ0n) is 16.7. The van der Waals surface area contributed by atoms with E-state index in [1.54, 1.807) is 0 Å². The first-order valence-electron chi connectivity index (χ1n) is 10.0. The number of benzene rings is 3. The highest BCUT2D eigenvalue weighted by atomic mass is 32.2. The van der Waals surface area contributed by atoms with E-state index in [1.165, 1.54) is 33.6 Å². The van der Waals surface area contributed by atoms with Crippen molar-refractivity contribution in [2.75, 3.05) is 11.1 Å². The average molecular weight is 429 g/mol. The molecular weight excluding hydrogens is 408 g/mol. The van der Waals surface area contributed by atoms with E-state index < -0.39 is 0 Å². The maximum atomic E-state index is 12.1. The monoisotopic (exact) mass is 428 g/mol. The van der Waals surface area contributed by atoms with E-state index in [4.69, 9.17) is 4.42 Å². The first-order chi connectivity index (χ1) is 15.3. The SMILES string of the molecule is O=C(CSc1nnc(CCn2c3ccccc3c3ccccc32)o1)Nc1ccccc1. The van der Waals surface area contributed by atoms with Crippen LogP contribution in [0.5, 0.6) is 0 Å². The lowest BCUT2D eigenvalue weighted by atomic mass is 10.2. The van der Waals surface area contributed by atoms with E-state index in [-0.39, 0.29) is 11.7 Å². The number of carbonyl (C=O) groups excluding carboxylic acids is 1. The Labute approximate surface area is 183 Å². The van der Waals surface area contributed by atoms with Crippen LogP contribution in [0.15, 0.2) is 88.5 Å². The van der Waals surface area contributed by atoms with Crippen LogP contribution in [0.2, 0.25) is 0 Å². The van der Waals surface area contributed by atoms with Gasteiger partial charge >= 0.3 is 0 Å². The first-order valence-corrected chi connectivity index (χ1v) is 11.0. The van der Waals surface area contributed by atoms with Crippen molar-refractivity contribution in [3.63, 3.8) is 0 Å². The van der Waals surface area contributed by atoms with Gasteiger partial charge in [0, 0.05) is 40.5 Å². The fourth-order valence-electron chi connectivity index (χ4n) is 3.70. The van der Waals surface area contributed by atoms with Crippen LogP contribution in [0.4, 0.5) is 5.69 Å². The third-order valence-corrected chi connectivity index (χ3v) is 5.88. The lowest BCUT2D eigenvalue weighted by molar-refractivity contribution is -0.113. The molecule has 2 aromatic heterocycles. The number of nitrogens with one attached hydrogen (secondary N) is 1. The molecule has 7 heteroatoms. The van der Waals surface area contributed by atoms with Gasteiger partial charge in [-0.15, -0.1) is 10.2 Å². The molecule has 1 N–H and O–H groups in total. The summed E-state index contributed by atoms with van der Waals surface area (Å²) >= 11 is 1.24. The van der Waals surface area contributed by atoms with Gasteiger partial charge in [0.05, 0.1) is 5.75 Å². The Hall–Kier alpha value is -3.58. The second-order valence-corrected chi connectivity index (χ2v) is 8.03. The highest BCUT2D eigenvalue weighted by Crippen LogP contribution is 2.29. The molecule has 5 aromatic rings. The maximum Gasteiger partial charge on any atom is 0.277 e. The number of thioether (sulfide) groups is 1. The van der Waals surface area contributed by atoms with Crippen molar-refractivity contribution in [2.45, 2.75) is 18.2 Å². The second-order valence-electron chi connectivity index (χ2n) is 7.10. The second kappa shape index (κ2) is 8.65. The van der Waals surface area contributed by atoms with Crippen LogP contribution in [-0.4, -0.2) is 26.4 Å². The molecule has 0 atom stereocenters. The van der Waals surface area contributed by atoms with Crippen molar-refractivity contribution in [3.05, 3.63) is 84.8 Å². The van der Waals surface area contributed by atoms with Crippen molar-refractivity contribution in [1.82, 2.24) is 14.8 Å². The topological polar surface area (TPSA) is 73.0 Å². The van der Waals surface area contributed by atoms with Gasteiger partial charge in [0.2, 0.25) is 11.8 Å². The molecule has 3 aromatic carbocycles. The summed E-state index contributed by atoms with van der Waals surface area (Å²) < 4.78 is 8.04. The summed E-state index contributed by atoms with van der Waals surface area (Å²) in [4.78, 5) is 12.1. The fourth-order valence-corrected chi connectivity index (χ4v) is 4.28. The Morgan fingerprint density at radius 2 is 1.52 bits per heavy atom. The maximum absolute atomic E-state index is 12.1. The number of aromatic nitrogens is 3. The molecule has 0 spiro atoms. The highest BCUT2D eigenvalue weighted by molar-refractivity contribution is 7.99. The predicted molar refractivity (Wildman–Crippen MR) is 123 cm³/mol. The summed E-state index contributed by atoms with van der Waals surface area (Å²) in [6.07, 6.45) is 0.618. The molecule has 0 saturated heterocycles. The van der Waals surface area contributed by atoms with E-state index in [0.29, 0.717) is 17.5 Å². The summed E-state index contributed by atoms with van der Waals surface area (Å²) in [5, 5.41) is 14.0. The Morgan fingerprint density at radius 1 is 0.871 bits per heavy atom. The zero-order chi connectivity index (χ0) is 21.0. The molecule has 0 fully saturated rings. The molecule has 0 unspecified atom stereocenters. The Bertz CT molecular complexity index is 1290. The lowest BCUT2D eigenvalue weighted by Crippen LogP contribution is -2.13. The molecule has 0 radical (unpaired) electrons. The molecule has 0 aliphatic heterocycles. The van der Waals surface area contributed by atoms with E-state index in [2.05, 4.69) is 68.6 Å². The minimum absolute atomic E-state index is 0.110. The van der Waals surface area contributed by atoms with Gasteiger partial charge in [-0.05, 0) is 24.3 Å². The Kier molecular flexibility index (Phi) is 5.41. The number of fused-ring (bicyclic) bond motifs is 3. The number of aryl methyl sites for hydroxylation is 2. The van der Waals surface area contributed by atoms with Gasteiger partial charge in [0.25, 0.3) is 5.22 Å². The first kappa shape index (κ1) is 19.4. The molecule has 0 bridgehead atoms. The van der Waals surface area contributed by atoms with Gasteiger partial charge in [-0.25, -0.2) is 0 Å². The summed E-state index contributed by atoms with van der Waals surface area (Å²) in [7, 11) is 0. The predicted octanol–water partition coefficient (Wildman–Crippen LogP) is 5.15. The largest absolute Gasteiger partial charge is 0.416 e. The smallest absolute Gasteiger partial charge is 0.277 e. The van der Waals surface area contributed by atoms with E-state index >= 15 is 0 Å². The summed E-state index contributed by atoms with van der Waals surface area (Å²) in [6.45, 7) is 0.731. The van der Waals surface area contributed by atoms with E-state index in [9.17, 15) is 4.79 Å². The van der Waals surface area contributed by atoms with Crippen LogP contribution < -0.4 is 5.32 Å². The third kappa shape index (κ3) is 4.18. The van der Waals surface area contributed by atoms with E-state index in [1.807, 2.05) is 30.3 Å². The number of anilines is 1. The van der Waals surface area contributed by atoms with Gasteiger partial charge in [-0.3, -0.25) is 4.79 Å². The van der Waals surface area contributed by atoms with E-state index in [0.717, 1.165) is 12.2 Å². The van der Waals surface area contributed by atoms with Crippen LogP contribution in [0.1, 0.15) is 5.89 Å². The lowest BCUT2D eigenvalue weighted by Gasteiger charge is -2.05. The number of para-hydroxylation sites is 3. The summed E-state index contributed by atoms with van der Waals surface area (Å²) in [6, 6.07) is 26.2. The Morgan fingerprint density at radius 3 is 2.23 bits per heavy atom. The number of amides is 1. The average Bonchev–Trinajstić information content (AvgIpc) is 3.39. The minimum Gasteiger partial charge on any atom is -0.416 e. The number of hydrogen-bond donors (Lipinski definition) is 1. The normalized spacial score (nSPS) is 11.2. The van der Waals surface area contributed by atoms with Crippen molar-refractivity contribution in [1.29, 1.82) is 0 Å². The number of nitrogens with zero attached hydrogens (tertiary/aromatic N) is 3. The molecule has 154 valence electrons. The standard InChI is InChI=1S/C24H20N4O2S/c29-22(25-17-8-2-1-3-9-17)16-31-24-27-26-23(30-24)14-15-28-20-12-6-4-10-18(20)19-11-5-7-13-21(19)28/h1-13H,14-16H2,(H,25,29). The van der Waals surface area contributed by atoms with Gasteiger partial charge in [-0.1, -0.05) is 66.4 Å². The van der Waals surface area contributed by atoms with Crippen molar-refractivity contribution >= 4 is 45.2 Å². The molecule has 6 nitrogen and oxygen atoms in total. The van der Waals surface area contributed by atoms with Crippen molar-refractivity contribution < 1.29 is 9.21 Å². The highest BCUT2D eigenvalue weighted by Gasteiger charge is 2.13. The third-order valence-electron chi connectivity index (χ3n) is 5.06. The Balaban J connectivity index is 1.24. The molecule has 0 aliphatic carbocycles. The molecule has 31 heavy (non-hydrogen) atoms. The number of rotatable bonds is 7. The van der Waals surface area contributed by atoms with Gasteiger partial charge in [0.1, 0.15) is 0 Å². The van der Waals surface area contributed by atoms with Crippen LogP contribution in [0.25, 0.3) is 21.8 Å². The minimum atomic E-state index is -0.110. The van der Waals surface area contributed by atoms with Crippen LogP contribution in [0, 0.1) is 0 Å². The molecular formula is C24H20N4O2S. The van der Waals surface area contributed by atoms with Crippen LogP contribution in [-0.2, 0) is 17.8 Å². The molecule has 0 saturated carbocycles. The number of carbonyl (C=O) groups is 1. The van der Waals surface area contributed by atoms with Crippen molar-refractivity contribution in [3.8, 4) is 0 Å². The van der Waals surface area contributed by atoms with Crippen molar-refractivity contribution in [2.24, 2.45) is 0 Å². The molecule has 1 amide bonds. The molecule has 0 aliphatic rings. The number of hydrogen-bond acceptors (Lipinski definition) is 5. The molecule has 5 rings (SSSR count).